The minimum absolute atomic E-state index is 0.322. The lowest BCUT2D eigenvalue weighted by atomic mass is 10.1. The molecule has 0 bridgehead atoms. The Bertz CT molecular complexity index is 613. The summed E-state index contributed by atoms with van der Waals surface area (Å²) in [5, 5.41) is 2.56. The first-order valence-electron chi connectivity index (χ1n) is 4.79. The summed E-state index contributed by atoms with van der Waals surface area (Å²) in [4.78, 5) is 24.4. The van der Waals surface area contributed by atoms with Crippen LogP contribution in [-0.4, -0.2) is 17.6 Å². The molecule has 16 heavy (non-hydrogen) atoms. The molecule has 2 heterocycles. The zero-order chi connectivity index (χ0) is 11.1. The van der Waals surface area contributed by atoms with E-state index in [0.29, 0.717) is 17.6 Å². The second-order valence-electron chi connectivity index (χ2n) is 3.54. The molecule has 1 amide bonds. The molecule has 1 aromatic heterocycles. The average Bonchev–Trinajstić information content (AvgIpc) is 2.81. The van der Waals surface area contributed by atoms with E-state index in [2.05, 4.69) is 10.3 Å². The predicted molar refractivity (Wildman–Crippen MR) is 54.1 cm³/mol. The van der Waals surface area contributed by atoms with Crippen LogP contribution in [-0.2, 0) is 4.74 Å². The second-order valence-corrected chi connectivity index (χ2v) is 3.54. The molecular weight excluding hydrogens is 212 g/mol. The first kappa shape index (κ1) is 9.02. The van der Waals surface area contributed by atoms with E-state index < -0.39 is 11.8 Å². The van der Waals surface area contributed by atoms with Gasteiger partial charge in [-0.05, 0) is 17.7 Å². The van der Waals surface area contributed by atoms with Gasteiger partial charge >= 0.3 is 11.8 Å². The molecule has 1 aliphatic heterocycles. The van der Waals surface area contributed by atoms with Crippen LogP contribution in [0, 0.1) is 0 Å². The fourth-order valence-electron chi connectivity index (χ4n) is 1.74. The van der Waals surface area contributed by atoms with E-state index in [-0.39, 0.29) is 6.10 Å². The lowest BCUT2D eigenvalue weighted by Gasteiger charge is -2.06. The largest absolute Gasteiger partial charge is 0.439 e. The number of carbonyl (C=O) groups excluding carboxylic acids is 1. The highest BCUT2D eigenvalue weighted by Gasteiger charge is 2.24. The van der Waals surface area contributed by atoms with E-state index in [1.54, 1.807) is 18.2 Å². The standard InChI is InChI=1S/C10H8N2O4/c13-9-11-4-8(16-9)5-1-2-6-7(3-5)15-10(14)12-6/h1-3,8H,4H2,(H,11,13)(H,12,14). The van der Waals surface area contributed by atoms with Gasteiger partial charge in [0.15, 0.2) is 5.58 Å². The number of fused-ring (bicyclic) bond motifs is 1. The number of benzene rings is 1. The van der Waals surface area contributed by atoms with Crippen molar-refractivity contribution in [2.45, 2.75) is 6.10 Å². The average molecular weight is 220 g/mol. The van der Waals surface area contributed by atoms with Crippen LogP contribution >= 0.6 is 0 Å². The normalized spacial score (nSPS) is 19.8. The maximum atomic E-state index is 11.0. The van der Waals surface area contributed by atoms with Crippen LogP contribution in [0.3, 0.4) is 0 Å². The van der Waals surface area contributed by atoms with Gasteiger partial charge in [-0.2, -0.15) is 0 Å². The number of rotatable bonds is 1. The zero-order valence-corrected chi connectivity index (χ0v) is 8.15. The van der Waals surface area contributed by atoms with Crippen molar-refractivity contribution in [3.05, 3.63) is 34.3 Å². The molecule has 2 aromatic rings. The fraction of sp³-hybridized carbons (Fsp3) is 0.200. The highest BCUT2D eigenvalue weighted by molar-refractivity contribution is 5.74. The van der Waals surface area contributed by atoms with E-state index in [1.165, 1.54) is 0 Å². The number of cyclic esters (lactones) is 1. The number of oxazole rings is 1. The molecule has 0 radical (unpaired) electrons. The van der Waals surface area contributed by atoms with Gasteiger partial charge in [-0.1, -0.05) is 6.07 Å². The lowest BCUT2D eigenvalue weighted by molar-refractivity contribution is 0.141. The van der Waals surface area contributed by atoms with Crippen molar-refractivity contribution >= 4 is 17.2 Å². The Balaban J connectivity index is 2.04. The Hall–Kier alpha value is -2.24. The summed E-state index contributed by atoms with van der Waals surface area (Å²) < 4.78 is 9.95. The smallest absolute Gasteiger partial charge is 0.417 e. The van der Waals surface area contributed by atoms with Crippen molar-refractivity contribution in [2.75, 3.05) is 6.54 Å². The van der Waals surface area contributed by atoms with Crippen LogP contribution < -0.4 is 11.1 Å². The fourth-order valence-corrected chi connectivity index (χ4v) is 1.74. The number of aromatic amines is 1. The number of alkyl carbamates (subject to hydrolysis) is 1. The quantitative estimate of drug-likeness (QED) is 0.747. The molecule has 1 aliphatic rings. The van der Waals surface area contributed by atoms with Crippen LogP contribution in [0.25, 0.3) is 11.1 Å². The minimum atomic E-state index is -0.492. The molecule has 1 saturated heterocycles. The summed E-state index contributed by atoms with van der Waals surface area (Å²) in [7, 11) is 0. The van der Waals surface area contributed by atoms with Gasteiger partial charge in [0.25, 0.3) is 0 Å². The molecule has 0 spiro atoms. The van der Waals surface area contributed by atoms with Crippen molar-refractivity contribution < 1.29 is 13.9 Å². The van der Waals surface area contributed by atoms with Gasteiger partial charge in [0, 0.05) is 0 Å². The van der Waals surface area contributed by atoms with E-state index in [4.69, 9.17) is 9.15 Å². The summed E-state index contributed by atoms with van der Waals surface area (Å²) in [6.45, 7) is 0.430. The molecule has 0 saturated carbocycles. The van der Waals surface area contributed by atoms with Crippen LogP contribution in [0.5, 0.6) is 0 Å². The van der Waals surface area contributed by atoms with Crippen molar-refractivity contribution in [1.82, 2.24) is 10.3 Å². The molecule has 3 rings (SSSR count). The number of H-pyrrole nitrogens is 1. The highest BCUT2D eigenvalue weighted by atomic mass is 16.6. The monoisotopic (exact) mass is 220 g/mol. The number of hydrogen-bond acceptors (Lipinski definition) is 4. The molecule has 6 heteroatoms. The molecule has 6 nitrogen and oxygen atoms in total. The maximum absolute atomic E-state index is 11.0. The number of nitrogens with one attached hydrogen (secondary N) is 2. The van der Waals surface area contributed by atoms with Gasteiger partial charge in [0.05, 0.1) is 12.1 Å². The lowest BCUT2D eigenvalue weighted by Crippen LogP contribution is -2.12. The molecule has 82 valence electrons. The highest BCUT2D eigenvalue weighted by Crippen LogP contribution is 2.23. The Kier molecular flexibility index (Phi) is 1.76. The van der Waals surface area contributed by atoms with Crippen molar-refractivity contribution in [3.8, 4) is 0 Å². The zero-order valence-electron chi connectivity index (χ0n) is 8.15. The van der Waals surface area contributed by atoms with E-state index in [1.807, 2.05) is 0 Å². The van der Waals surface area contributed by atoms with E-state index in [9.17, 15) is 9.59 Å². The first-order chi connectivity index (χ1) is 7.72. The maximum Gasteiger partial charge on any atom is 0.417 e. The van der Waals surface area contributed by atoms with Gasteiger partial charge in [0.2, 0.25) is 0 Å². The van der Waals surface area contributed by atoms with Gasteiger partial charge < -0.3 is 14.5 Å². The molecule has 1 atom stereocenters. The van der Waals surface area contributed by atoms with Crippen LogP contribution in [0.2, 0.25) is 0 Å². The Morgan fingerprint density at radius 2 is 2.19 bits per heavy atom. The Morgan fingerprint density at radius 1 is 1.31 bits per heavy atom. The summed E-state index contributed by atoms with van der Waals surface area (Å²) >= 11 is 0. The Labute approximate surface area is 89.2 Å². The van der Waals surface area contributed by atoms with Gasteiger partial charge in [0.1, 0.15) is 6.10 Å². The molecule has 1 fully saturated rings. The topological polar surface area (TPSA) is 84.3 Å². The molecule has 0 aliphatic carbocycles. The minimum Gasteiger partial charge on any atom is -0.439 e. The number of carbonyl (C=O) groups is 1. The summed E-state index contributed by atoms with van der Waals surface area (Å²) in [5.74, 6) is -0.492. The van der Waals surface area contributed by atoms with Gasteiger partial charge in [-0.15, -0.1) is 0 Å². The third-order valence-electron chi connectivity index (χ3n) is 2.50. The predicted octanol–water partition coefficient (Wildman–Crippen LogP) is 0.902. The number of amides is 1. The van der Waals surface area contributed by atoms with Crippen LogP contribution in [0.1, 0.15) is 11.7 Å². The van der Waals surface area contributed by atoms with E-state index >= 15 is 0 Å². The molecule has 2 N–H and O–H groups in total. The van der Waals surface area contributed by atoms with Crippen molar-refractivity contribution in [2.24, 2.45) is 0 Å². The number of aromatic nitrogens is 1. The van der Waals surface area contributed by atoms with E-state index in [0.717, 1.165) is 5.56 Å². The van der Waals surface area contributed by atoms with Gasteiger partial charge in [-0.25, -0.2) is 9.59 Å². The third-order valence-corrected chi connectivity index (χ3v) is 2.50. The molecular formula is C10H8N2O4. The number of hydrogen-bond donors (Lipinski definition) is 2. The molecule has 1 unspecified atom stereocenters. The van der Waals surface area contributed by atoms with Crippen LogP contribution in [0.15, 0.2) is 27.4 Å². The number of ether oxygens (including phenoxy) is 1. The Morgan fingerprint density at radius 3 is 2.94 bits per heavy atom. The summed E-state index contributed by atoms with van der Waals surface area (Å²) in [5.41, 5.74) is 1.89. The van der Waals surface area contributed by atoms with Crippen molar-refractivity contribution in [3.63, 3.8) is 0 Å². The summed E-state index contributed by atoms with van der Waals surface area (Å²) in [6, 6.07) is 5.21. The van der Waals surface area contributed by atoms with Crippen LogP contribution in [0.4, 0.5) is 4.79 Å². The second kappa shape index (κ2) is 3.13. The molecule has 1 aromatic carbocycles. The summed E-state index contributed by atoms with van der Waals surface area (Å²) in [6.07, 6.45) is -0.752. The van der Waals surface area contributed by atoms with Gasteiger partial charge in [-0.3, -0.25) is 4.98 Å². The van der Waals surface area contributed by atoms with Crippen molar-refractivity contribution in [1.29, 1.82) is 0 Å². The first-order valence-corrected chi connectivity index (χ1v) is 4.79. The third kappa shape index (κ3) is 1.35. The SMILES string of the molecule is O=C1NCC(c2ccc3[nH]c(=O)oc3c2)O1.